The van der Waals surface area contributed by atoms with Crippen LogP contribution in [0.4, 0.5) is 10.1 Å². The molecule has 1 fully saturated rings. The molecule has 0 bridgehead atoms. The van der Waals surface area contributed by atoms with Crippen molar-refractivity contribution in [1.82, 2.24) is 5.32 Å². The van der Waals surface area contributed by atoms with Crippen molar-refractivity contribution in [2.75, 3.05) is 26.2 Å². The number of hydrogen-bond acceptors (Lipinski definition) is 5. The number of methoxy groups -OCH3 is 3. The molecule has 0 atom stereocenters. The van der Waals surface area contributed by atoms with Crippen LogP contribution in [0.1, 0.15) is 5.56 Å². The maximum Gasteiger partial charge on any atom is 0.281 e. The Bertz CT molecular complexity index is 920. The average Bonchev–Trinajstić information content (AvgIpc) is 2.94. The van der Waals surface area contributed by atoms with Crippen LogP contribution >= 0.6 is 12.2 Å². The Morgan fingerprint density at radius 3 is 2.26 bits per heavy atom. The van der Waals surface area contributed by atoms with Crippen molar-refractivity contribution >= 4 is 35.0 Å². The predicted molar refractivity (Wildman–Crippen MR) is 104 cm³/mol. The highest BCUT2D eigenvalue weighted by Gasteiger charge is 2.33. The minimum absolute atomic E-state index is 0.0910. The van der Waals surface area contributed by atoms with E-state index < -0.39 is 11.7 Å². The number of hydrogen-bond donors (Lipinski definition) is 1. The molecule has 1 aliphatic heterocycles. The van der Waals surface area contributed by atoms with Crippen molar-refractivity contribution in [2.45, 2.75) is 0 Å². The second-order valence-corrected chi connectivity index (χ2v) is 5.93. The Labute approximate surface area is 161 Å². The van der Waals surface area contributed by atoms with Crippen LogP contribution in [0.15, 0.2) is 42.1 Å². The number of para-hydroxylation sites is 1. The summed E-state index contributed by atoms with van der Waals surface area (Å²) >= 11 is 5.21. The molecule has 1 saturated heterocycles. The number of benzene rings is 2. The van der Waals surface area contributed by atoms with Crippen LogP contribution in [0.3, 0.4) is 0 Å². The zero-order valence-electron chi connectivity index (χ0n) is 14.9. The standard InChI is InChI=1S/C19H17FN2O4S/c1-24-15-9-11(10-16(25-2)17(15)26-3)8-13-18(23)22(19(27)21-13)14-7-5-4-6-12(14)20/h4-10H,1-3H3,(H,21,27)/b13-8-. The molecule has 0 unspecified atom stereocenters. The molecule has 1 amide bonds. The number of nitrogens with one attached hydrogen (secondary N) is 1. The van der Waals surface area contributed by atoms with E-state index in [1.54, 1.807) is 30.3 Å². The SMILES string of the molecule is COc1cc(/C=C2\NC(=S)N(c3ccccc3F)C2=O)cc(OC)c1OC. The predicted octanol–water partition coefficient (Wildman–Crippen LogP) is 3.11. The number of rotatable bonds is 5. The number of carbonyl (C=O) groups excluding carboxylic acids is 1. The third-order valence-electron chi connectivity index (χ3n) is 3.97. The molecule has 2 aromatic rings. The average molecular weight is 388 g/mol. The highest BCUT2D eigenvalue weighted by Crippen LogP contribution is 2.39. The maximum absolute atomic E-state index is 14.1. The van der Waals surface area contributed by atoms with Gasteiger partial charge in [0.25, 0.3) is 5.91 Å². The number of ether oxygens (including phenoxy) is 3. The molecule has 8 heteroatoms. The topological polar surface area (TPSA) is 60.0 Å². The van der Waals surface area contributed by atoms with Crippen LogP contribution < -0.4 is 24.4 Å². The van der Waals surface area contributed by atoms with Gasteiger partial charge in [0, 0.05) is 0 Å². The summed E-state index contributed by atoms with van der Waals surface area (Å²) in [5, 5.41) is 2.92. The van der Waals surface area contributed by atoms with Gasteiger partial charge >= 0.3 is 0 Å². The third kappa shape index (κ3) is 3.43. The second kappa shape index (κ2) is 7.63. The first-order chi connectivity index (χ1) is 13.0. The number of nitrogens with zero attached hydrogens (tertiary/aromatic N) is 1. The van der Waals surface area contributed by atoms with Crippen molar-refractivity contribution < 1.29 is 23.4 Å². The van der Waals surface area contributed by atoms with Crippen LogP contribution in [0.25, 0.3) is 6.08 Å². The van der Waals surface area contributed by atoms with Gasteiger partial charge < -0.3 is 19.5 Å². The fraction of sp³-hybridized carbons (Fsp3) is 0.158. The maximum atomic E-state index is 14.1. The monoisotopic (exact) mass is 388 g/mol. The summed E-state index contributed by atoms with van der Waals surface area (Å²) in [5.74, 6) is 0.338. The van der Waals surface area contributed by atoms with E-state index in [1.165, 1.54) is 33.5 Å². The molecule has 0 saturated carbocycles. The van der Waals surface area contributed by atoms with E-state index in [9.17, 15) is 9.18 Å². The zero-order valence-corrected chi connectivity index (χ0v) is 15.7. The van der Waals surface area contributed by atoms with Gasteiger partial charge in [-0.2, -0.15) is 0 Å². The Hall–Kier alpha value is -3.13. The third-order valence-corrected chi connectivity index (χ3v) is 4.25. The van der Waals surface area contributed by atoms with Gasteiger partial charge in [-0.15, -0.1) is 0 Å². The number of carbonyl (C=O) groups is 1. The molecular formula is C19H17FN2O4S. The molecule has 3 rings (SSSR count). The van der Waals surface area contributed by atoms with Crippen molar-refractivity contribution in [3.63, 3.8) is 0 Å². The molecule has 1 N–H and O–H groups in total. The molecule has 1 heterocycles. The van der Waals surface area contributed by atoms with Gasteiger partial charge in [-0.1, -0.05) is 12.1 Å². The molecule has 27 heavy (non-hydrogen) atoms. The van der Waals surface area contributed by atoms with E-state index in [4.69, 9.17) is 26.4 Å². The van der Waals surface area contributed by atoms with Gasteiger partial charge in [-0.25, -0.2) is 9.29 Å². The van der Waals surface area contributed by atoms with E-state index in [2.05, 4.69) is 5.32 Å². The molecule has 2 aromatic carbocycles. The lowest BCUT2D eigenvalue weighted by atomic mass is 10.1. The Kier molecular flexibility index (Phi) is 5.27. The smallest absolute Gasteiger partial charge is 0.281 e. The van der Waals surface area contributed by atoms with Gasteiger partial charge in [0.1, 0.15) is 11.5 Å². The molecular weight excluding hydrogens is 371 g/mol. The van der Waals surface area contributed by atoms with Crippen LogP contribution in [0, 0.1) is 5.82 Å². The lowest BCUT2D eigenvalue weighted by Gasteiger charge is -2.14. The Morgan fingerprint density at radius 2 is 1.70 bits per heavy atom. The summed E-state index contributed by atoms with van der Waals surface area (Å²) in [6.07, 6.45) is 1.58. The second-order valence-electron chi connectivity index (χ2n) is 5.54. The van der Waals surface area contributed by atoms with Crippen LogP contribution in [0.2, 0.25) is 0 Å². The Balaban J connectivity index is 2.00. The minimum Gasteiger partial charge on any atom is -0.493 e. The van der Waals surface area contributed by atoms with Crippen molar-refractivity contribution in [3.05, 3.63) is 53.5 Å². The van der Waals surface area contributed by atoms with E-state index in [-0.39, 0.29) is 16.5 Å². The van der Waals surface area contributed by atoms with Crippen LogP contribution in [-0.2, 0) is 4.79 Å². The van der Waals surface area contributed by atoms with Crippen LogP contribution in [-0.4, -0.2) is 32.3 Å². The van der Waals surface area contributed by atoms with Crippen molar-refractivity contribution in [1.29, 1.82) is 0 Å². The van der Waals surface area contributed by atoms with E-state index >= 15 is 0 Å². The first-order valence-electron chi connectivity index (χ1n) is 7.91. The number of thiocarbonyl (C=S) groups is 1. The lowest BCUT2D eigenvalue weighted by Crippen LogP contribution is -2.31. The molecule has 6 nitrogen and oxygen atoms in total. The molecule has 0 spiro atoms. The van der Waals surface area contributed by atoms with E-state index in [0.29, 0.717) is 22.8 Å². The van der Waals surface area contributed by atoms with Gasteiger partial charge in [0.2, 0.25) is 5.75 Å². The molecule has 1 aliphatic rings. The van der Waals surface area contributed by atoms with Crippen molar-refractivity contribution in [2.24, 2.45) is 0 Å². The van der Waals surface area contributed by atoms with Gasteiger partial charge in [-0.05, 0) is 48.1 Å². The minimum atomic E-state index is -0.538. The Morgan fingerprint density at radius 1 is 1.07 bits per heavy atom. The summed E-state index contributed by atoms with van der Waals surface area (Å²) in [4.78, 5) is 13.9. The largest absolute Gasteiger partial charge is 0.493 e. The summed E-state index contributed by atoms with van der Waals surface area (Å²) in [6, 6.07) is 9.32. The lowest BCUT2D eigenvalue weighted by molar-refractivity contribution is -0.113. The fourth-order valence-corrected chi connectivity index (χ4v) is 3.03. The first kappa shape index (κ1) is 18.7. The molecule has 0 aromatic heterocycles. The first-order valence-corrected chi connectivity index (χ1v) is 8.32. The number of anilines is 1. The van der Waals surface area contributed by atoms with E-state index in [1.807, 2.05) is 0 Å². The van der Waals surface area contributed by atoms with Gasteiger partial charge in [-0.3, -0.25) is 4.79 Å². The quantitative estimate of drug-likeness (QED) is 0.627. The summed E-state index contributed by atoms with van der Waals surface area (Å²) in [6.45, 7) is 0. The number of amides is 1. The molecule has 0 radical (unpaired) electrons. The number of halogens is 1. The normalized spacial score (nSPS) is 15.1. The van der Waals surface area contributed by atoms with Crippen LogP contribution in [0.5, 0.6) is 17.2 Å². The van der Waals surface area contributed by atoms with Crippen molar-refractivity contribution in [3.8, 4) is 17.2 Å². The molecule has 140 valence electrons. The fourth-order valence-electron chi connectivity index (χ4n) is 2.74. The summed E-state index contributed by atoms with van der Waals surface area (Å²) < 4.78 is 30.0. The molecule has 0 aliphatic carbocycles. The highest BCUT2D eigenvalue weighted by atomic mass is 32.1. The van der Waals surface area contributed by atoms with E-state index in [0.717, 1.165) is 4.90 Å². The van der Waals surface area contributed by atoms with Gasteiger partial charge in [0.15, 0.2) is 16.6 Å². The summed E-state index contributed by atoms with van der Waals surface area (Å²) in [5.41, 5.74) is 0.921. The van der Waals surface area contributed by atoms with Gasteiger partial charge in [0.05, 0.1) is 27.0 Å². The highest BCUT2D eigenvalue weighted by molar-refractivity contribution is 7.80. The zero-order chi connectivity index (χ0) is 19.6. The summed E-state index contributed by atoms with van der Waals surface area (Å²) in [7, 11) is 4.51.